The molecule has 1 fully saturated rings. The lowest BCUT2D eigenvalue weighted by Crippen LogP contribution is -2.40. The monoisotopic (exact) mass is 484 g/mol. The van der Waals surface area contributed by atoms with E-state index in [0.29, 0.717) is 31.9 Å². The van der Waals surface area contributed by atoms with Gasteiger partial charge in [0, 0.05) is 23.5 Å². The van der Waals surface area contributed by atoms with Crippen molar-refractivity contribution in [3.63, 3.8) is 0 Å². The summed E-state index contributed by atoms with van der Waals surface area (Å²) in [5.74, 6) is -0.301. The van der Waals surface area contributed by atoms with Crippen LogP contribution in [0.4, 0.5) is 0 Å². The lowest BCUT2D eigenvalue weighted by Gasteiger charge is -2.26. The minimum Gasteiger partial charge on any atom is -0.379 e. The molecule has 0 radical (unpaired) electrons. The maximum atomic E-state index is 13.4. The summed E-state index contributed by atoms with van der Waals surface area (Å²) >= 11 is 1.57. The van der Waals surface area contributed by atoms with Gasteiger partial charge in [-0.05, 0) is 53.6 Å². The molecule has 1 aliphatic rings. The van der Waals surface area contributed by atoms with Crippen LogP contribution < -0.4 is 5.32 Å². The molecule has 8 heteroatoms. The van der Waals surface area contributed by atoms with Crippen molar-refractivity contribution in [3.05, 3.63) is 87.1 Å². The van der Waals surface area contributed by atoms with Gasteiger partial charge in [-0.25, -0.2) is 8.42 Å². The molecule has 33 heavy (non-hydrogen) atoms. The number of hydrogen-bond donors (Lipinski definition) is 1. The van der Waals surface area contributed by atoms with E-state index in [9.17, 15) is 13.2 Å². The molecule has 1 amide bonds. The number of thiophene rings is 1. The first-order chi connectivity index (χ1) is 15.9. The zero-order valence-corrected chi connectivity index (χ0v) is 20.4. The first-order valence-corrected chi connectivity index (χ1v) is 13.3. The maximum Gasteiger partial charge on any atom is 0.252 e. The first kappa shape index (κ1) is 23.6. The van der Waals surface area contributed by atoms with E-state index in [1.165, 1.54) is 15.9 Å². The highest BCUT2D eigenvalue weighted by molar-refractivity contribution is 7.89. The zero-order chi connectivity index (χ0) is 23.4. The van der Waals surface area contributed by atoms with E-state index in [1.54, 1.807) is 23.5 Å². The normalized spacial score (nSPS) is 15.8. The zero-order valence-electron chi connectivity index (χ0n) is 18.8. The first-order valence-electron chi connectivity index (χ1n) is 11.0. The molecule has 0 unspecified atom stereocenters. The molecule has 3 aromatic rings. The van der Waals surface area contributed by atoms with Crippen LogP contribution in [0.15, 0.2) is 64.9 Å². The Balaban J connectivity index is 1.64. The standard InChI is InChI=1S/C25H28N2O4S2/c1-3-19-7-9-20(10-8-19)24(23-5-4-16-32-23)26-25(28)22-17-21(11-6-18(22)2)33(29,30)27-12-14-31-15-13-27/h4-11,16-17,24H,3,12-15H2,1-2H3,(H,26,28)/t24-/m0/s1. The topological polar surface area (TPSA) is 75.7 Å². The van der Waals surface area contributed by atoms with E-state index >= 15 is 0 Å². The molecule has 1 saturated heterocycles. The van der Waals surface area contributed by atoms with Crippen LogP contribution in [-0.2, 0) is 21.2 Å². The molecule has 0 aliphatic carbocycles. The molecule has 1 aromatic heterocycles. The Morgan fingerprint density at radius 2 is 1.85 bits per heavy atom. The van der Waals surface area contributed by atoms with E-state index in [2.05, 4.69) is 24.4 Å². The van der Waals surface area contributed by atoms with Crippen molar-refractivity contribution in [3.8, 4) is 0 Å². The molecule has 0 saturated carbocycles. The van der Waals surface area contributed by atoms with Gasteiger partial charge in [0.05, 0.1) is 24.2 Å². The molecule has 2 heterocycles. The summed E-state index contributed by atoms with van der Waals surface area (Å²) in [6, 6.07) is 16.6. The van der Waals surface area contributed by atoms with E-state index in [1.807, 2.05) is 36.6 Å². The van der Waals surface area contributed by atoms with Gasteiger partial charge in [-0.15, -0.1) is 11.3 Å². The summed E-state index contributed by atoms with van der Waals surface area (Å²) in [4.78, 5) is 14.5. The smallest absolute Gasteiger partial charge is 0.252 e. The Hall–Kier alpha value is -2.52. The van der Waals surface area contributed by atoms with Crippen LogP contribution in [0, 0.1) is 6.92 Å². The van der Waals surface area contributed by atoms with Crippen LogP contribution in [-0.4, -0.2) is 44.9 Å². The molecular formula is C25H28N2O4S2. The van der Waals surface area contributed by atoms with Gasteiger partial charge < -0.3 is 10.1 Å². The van der Waals surface area contributed by atoms with E-state index < -0.39 is 10.0 Å². The van der Waals surface area contributed by atoms with Crippen molar-refractivity contribution in [2.75, 3.05) is 26.3 Å². The van der Waals surface area contributed by atoms with Gasteiger partial charge >= 0.3 is 0 Å². The Bertz CT molecular complexity index is 1200. The average molecular weight is 485 g/mol. The minimum absolute atomic E-state index is 0.125. The SMILES string of the molecule is CCc1ccc([C@H](NC(=O)c2cc(S(=O)(=O)N3CCOCC3)ccc2C)c2cccs2)cc1. The number of carbonyl (C=O) groups excluding carboxylic acids is 1. The van der Waals surface area contributed by atoms with Crippen molar-refractivity contribution < 1.29 is 17.9 Å². The van der Waals surface area contributed by atoms with Gasteiger partial charge in [0.1, 0.15) is 0 Å². The molecule has 2 aromatic carbocycles. The fourth-order valence-electron chi connectivity index (χ4n) is 3.87. The molecule has 0 spiro atoms. The number of ether oxygens (including phenoxy) is 1. The average Bonchev–Trinajstić information content (AvgIpc) is 3.38. The molecular weight excluding hydrogens is 456 g/mol. The lowest BCUT2D eigenvalue weighted by molar-refractivity contribution is 0.0730. The highest BCUT2D eigenvalue weighted by Gasteiger charge is 2.28. The Kier molecular flexibility index (Phi) is 7.29. The van der Waals surface area contributed by atoms with Crippen LogP contribution in [0.25, 0.3) is 0 Å². The van der Waals surface area contributed by atoms with Gasteiger partial charge in [-0.1, -0.05) is 43.3 Å². The summed E-state index contributed by atoms with van der Waals surface area (Å²) in [7, 11) is -3.69. The Morgan fingerprint density at radius 3 is 2.48 bits per heavy atom. The number of carbonyl (C=O) groups is 1. The van der Waals surface area contributed by atoms with Crippen LogP contribution in [0.5, 0.6) is 0 Å². The number of nitrogens with zero attached hydrogens (tertiary/aromatic N) is 1. The fraction of sp³-hybridized carbons (Fsp3) is 0.320. The predicted octanol–water partition coefficient (Wildman–Crippen LogP) is 4.16. The van der Waals surface area contributed by atoms with Crippen molar-refractivity contribution in [1.29, 1.82) is 0 Å². The quantitative estimate of drug-likeness (QED) is 0.546. The minimum atomic E-state index is -3.69. The number of rotatable bonds is 7. The van der Waals surface area contributed by atoms with E-state index in [0.717, 1.165) is 22.4 Å². The van der Waals surface area contributed by atoms with Crippen LogP contribution in [0.2, 0.25) is 0 Å². The molecule has 6 nitrogen and oxygen atoms in total. The fourth-order valence-corrected chi connectivity index (χ4v) is 6.11. The molecule has 0 bridgehead atoms. The third-order valence-electron chi connectivity index (χ3n) is 5.89. The van der Waals surface area contributed by atoms with Crippen LogP contribution in [0.3, 0.4) is 0 Å². The highest BCUT2D eigenvalue weighted by Crippen LogP contribution is 2.28. The number of nitrogens with one attached hydrogen (secondary N) is 1. The number of morpholine rings is 1. The third-order valence-corrected chi connectivity index (χ3v) is 8.72. The lowest BCUT2D eigenvalue weighted by atomic mass is 10.0. The molecule has 1 atom stereocenters. The number of aryl methyl sites for hydroxylation is 2. The molecule has 1 N–H and O–H groups in total. The maximum absolute atomic E-state index is 13.4. The summed E-state index contributed by atoms with van der Waals surface area (Å²) in [5, 5.41) is 5.11. The molecule has 4 rings (SSSR count). The van der Waals surface area contributed by atoms with Gasteiger partial charge in [0.25, 0.3) is 5.91 Å². The number of sulfonamides is 1. The van der Waals surface area contributed by atoms with Gasteiger partial charge in [0.2, 0.25) is 10.0 Å². The highest BCUT2D eigenvalue weighted by atomic mass is 32.2. The van der Waals surface area contributed by atoms with Crippen molar-refractivity contribution >= 4 is 27.3 Å². The van der Waals surface area contributed by atoms with Crippen molar-refractivity contribution in [1.82, 2.24) is 9.62 Å². The van der Waals surface area contributed by atoms with Crippen molar-refractivity contribution in [2.24, 2.45) is 0 Å². The third kappa shape index (κ3) is 5.19. The number of benzene rings is 2. The number of hydrogen-bond acceptors (Lipinski definition) is 5. The summed E-state index contributed by atoms with van der Waals surface area (Å²) in [6.45, 7) is 5.29. The van der Waals surface area contributed by atoms with E-state index in [-0.39, 0.29) is 16.8 Å². The van der Waals surface area contributed by atoms with Gasteiger partial charge in [0.15, 0.2) is 0 Å². The second kappa shape index (κ2) is 10.2. The predicted molar refractivity (Wildman–Crippen MR) is 130 cm³/mol. The molecule has 174 valence electrons. The summed E-state index contributed by atoms with van der Waals surface area (Å²) < 4.78 is 32.9. The summed E-state index contributed by atoms with van der Waals surface area (Å²) in [6.07, 6.45) is 0.944. The number of amides is 1. The second-order valence-corrected chi connectivity index (χ2v) is 10.9. The van der Waals surface area contributed by atoms with Crippen molar-refractivity contribution in [2.45, 2.75) is 31.2 Å². The molecule has 1 aliphatic heterocycles. The van der Waals surface area contributed by atoms with E-state index in [4.69, 9.17) is 4.74 Å². The van der Waals surface area contributed by atoms with Gasteiger partial charge in [-0.2, -0.15) is 4.31 Å². The Morgan fingerprint density at radius 1 is 1.12 bits per heavy atom. The van der Waals surface area contributed by atoms with Gasteiger partial charge in [-0.3, -0.25) is 4.79 Å². The largest absolute Gasteiger partial charge is 0.379 e. The Labute approximate surface area is 199 Å². The second-order valence-electron chi connectivity index (χ2n) is 8.01. The van der Waals surface area contributed by atoms with Crippen LogP contribution in [0.1, 0.15) is 44.9 Å². The summed E-state index contributed by atoms with van der Waals surface area (Å²) in [5.41, 5.74) is 3.29. The van der Waals surface area contributed by atoms with Crippen LogP contribution >= 0.6 is 11.3 Å².